The maximum absolute atomic E-state index is 12.1. The van der Waals surface area contributed by atoms with Gasteiger partial charge < -0.3 is 10.6 Å². The molecular formula is C17H20Cl2N4O. The number of benzene rings is 1. The van der Waals surface area contributed by atoms with E-state index in [0.29, 0.717) is 34.5 Å². The predicted octanol–water partition coefficient (Wildman–Crippen LogP) is 3.97. The van der Waals surface area contributed by atoms with Crippen LogP contribution >= 0.6 is 23.2 Å². The standard InChI is InChI=1S/C17H20Cl2N4O/c1-3-11(2)23-17-21-9-13(10-22-17)16(24)20-7-6-12-4-5-14(18)8-15(12)19/h4-5,8-11H,3,6-7H2,1-2H3,(H,20,24)(H,21,22,23). The first-order chi connectivity index (χ1) is 11.5. The molecule has 0 spiro atoms. The Morgan fingerprint density at radius 3 is 2.58 bits per heavy atom. The summed E-state index contributed by atoms with van der Waals surface area (Å²) in [5, 5.41) is 7.17. The molecule has 0 saturated carbocycles. The molecule has 0 aliphatic heterocycles. The molecule has 0 aliphatic rings. The molecule has 0 radical (unpaired) electrons. The van der Waals surface area contributed by atoms with Gasteiger partial charge in [0, 0.05) is 35.0 Å². The fraction of sp³-hybridized carbons (Fsp3) is 0.353. The highest BCUT2D eigenvalue weighted by molar-refractivity contribution is 6.35. The first-order valence-electron chi connectivity index (χ1n) is 7.80. The lowest BCUT2D eigenvalue weighted by Gasteiger charge is -2.11. The molecule has 0 bridgehead atoms. The van der Waals surface area contributed by atoms with Gasteiger partial charge in [0.1, 0.15) is 0 Å². The summed E-state index contributed by atoms with van der Waals surface area (Å²) < 4.78 is 0. The molecule has 1 heterocycles. The molecule has 1 aromatic carbocycles. The molecular weight excluding hydrogens is 347 g/mol. The number of halogens is 2. The van der Waals surface area contributed by atoms with E-state index in [4.69, 9.17) is 23.2 Å². The smallest absolute Gasteiger partial charge is 0.254 e. The molecule has 2 N–H and O–H groups in total. The molecule has 24 heavy (non-hydrogen) atoms. The molecule has 0 saturated heterocycles. The second kappa shape index (κ2) is 8.85. The van der Waals surface area contributed by atoms with E-state index < -0.39 is 0 Å². The number of hydrogen-bond donors (Lipinski definition) is 2. The number of nitrogens with one attached hydrogen (secondary N) is 2. The van der Waals surface area contributed by atoms with Gasteiger partial charge in [0.25, 0.3) is 5.91 Å². The Hall–Kier alpha value is -1.85. The molecule has 1 atom stereocenters. The summed E-state index contributed by atoms with van der Waals surface area (Å²) in [5.74, 6) is 0.309. The van der Waals surface area contributed by atoms with Crippen LogP contribution in [0, 0.1) is 0 Å². The average molecular weight is 367 g/mol. The quantitative estimate of drug-likeness (QED) is 0.777. The van der Waals surface area contributed by atoms with Crippen LogP contribution in [-0.4, -0.2) is 28.5 Å². The fourth-order valence-corrected chi connectivity index (χ4v) is 2.48. The van der Waals surface area contributed by atoms with Gasteiger partial charge in [-0.1, -0.05) is 36.2 Å². The van der Waals surface area contributed by atoms with Crippen LogP contribution in [0.3, 0.4) is 0 Å². The number of aromatic nitrogens is 2. The summed E-state index contributed by atoms with van der Waals surface area (Å²) in [6.45, 7) is 4.59. The number of amides is 1. The molecule has 1 amide bonds. The van der Waals surface area contributed by atoms with Gasteiger partial charge in [-0.2, -0.15) is 0 Å². The number of anilines is 1. The van der Waals surface area contributed by atoms with Crippen molar-refractivity contribution >= 4 is 35.1 Å². The summed E-state index contributed by atoms with van der Waals surface area (Å²) in [5.41, 5.74) is 1.36. The van der Waals surface area contributed by atoms with Crippen LogP contribution in [0.25, 0.3) is 0 Å². The Morgan fingerprint density at radius 2 is 1.96 bits per heavy atom. The highest BCUT2D eigenvalue weighted by Gasteiger charge is 2.08. The van der Waals surface area contributed by atoms with Crippen molar-refractivity contribution in [1.29, 1.82) is 0 Å². The number of carbonyl (C=O) groups excluding carboxylic acids is 1. The van der Waals surface area contributed by atoms with E-state index in [1.807, 2.05) is 13.0 Å². The zero-order valence-corrected chi connectivity index (χ0v) is 15.2. The maximum Gasteiger partial charge on any atom is 0.254 e. The molecule has 2 aromatic rings. The van der Waals surface area contributed by atoms with Crippen molar-refractivity contribution in [2.24, 2.45) is 0 Å². The minimum absolute atomic E-state index is 0.213. The zero-order chi connectivity index (χ0) is 17.5. The minimum atomic E-state index is -0.213. The first-order valence-corrected chi connectivity index (χ1v) is 8.56. The van der Waals surface area contributed by atoms with Gasteiger partial charge >= 0.3 is 0 Å². The van der Waals surface area contributed by atoms with Gasteiger partial charge in [-0.15, -0.1) is 0 Å². The second-order valence-corrected chi connectivity index (χ2v) is 6.33. The molecule has 0 aliphatic carbocycles. The van der Waals surface area contributed by atoms with E-state index in [2.05, 4.69) is 27.5 Å². The Balaban J connectivity index is 1.86. The second-order valence-electron chi connectivity index (χ2n) is 5.49. The first kappa shape index (κ1) is 18.5. The van der Waals surface area contributed by atoms with E-state index >= 15 is 0 Å². The third-order valence-electron chi connectivity index (χ3n) is 3.60. The Morgan fingerprint density at radius 1 is 1.25 bits per heavy atom. The lowest BCUT2D eigenvalue weighted by atomic mass is 10.1. The van der Waals surface area contributed by atoms with Crippen molar-refractivity contribution < 1.29 is 4.79 Å². The van der Waals surface area contributed by atoms with Crippen molar-refractivity contribution in [3.05, 3.63) is 51.8 Å². The van der Waals surface area contributed by atoms with E-state index in [9.17, 15) is 4.79 Å². The largest absolute Gasteiger partial charge is 0.352 e. The monoisotopic (exact) mass is 366 g/mol. The number of carbonyl (C=O) groups is 1. The molecule has 128 valence electrons. The van der Waals surface area contributed by atoms with E-state index in [0.717, 1.165) is 12.0 Å². The normalized spacial score (nSPS) is 11.8. The van der Waals surface area contributed by atoms with Crippen LogP contribution in [0.4, 0.5) is 5.95 Å². The van der Waals surface area contributed by atoms with Gasteiger partial charge in [-0.3, -0.25) is 4.79 Å². The molecule has 5 nitrogen and oxygen atoms in total. The summed E-state index contributed by atoms with van der Waals surface area (Å²) >= 11 is 12.0. The summed E-state index contributed by atoms with van der Waals surface area (Å²) in [7, 11) is 0. The molecule has 1 unspecified atom stereocenters. The third-order valence-corrected chi connectivity index (χ3v) is 4.18. The number of rotatable bonds is 7. The fourth-order valence-electron chi connectivity index (χ4n) is 1.98. The van der Waals surface area contributed by atoms with E-state index in [1.165, 1.54) is 12.4 Å². The highest BCUT2D eigenvalue weighted by Crippen LogP contribution is 2.21. The van der Waals surface area contributed by atoms with Crippen LogP contribution in [0.2, 0.25) is 10.0 Å². The lowest BCUT2D eigenvalue weighted by Crippen LogP contribution is -2.26. The van der Waals surface area contributed by atoms with Crippen LogP contribution in [0.15, 0.2) is 30.6 Å². The van der Waals surface area contributed by atoms with Gasteiger partial charge in [0.15, 0.2) is 0 Å². The Labute approximate surface area is 151 Å². The summed E-state index contributed by atoms with van der Waals surface area (Å²) in [6, 6.07) is 5.61. The SMILES string of the molecule is CCC(C)Nc1ncc(C(=O)NCCc2ccc(Cl)cc2Cl)cn1. The average Bonchev–Trinajstić information content (AvgIpc) is 2.57. The van der Waals surface area contributed by atoms with Gasteiger partial charge in [-0.05, 0) is 37.5 Å². The van der Waals surface area contributed by atoms with E-state index in [1.54, 1.807) is 12.1 Å². The predicted molar refractivity (Wildman–Crippen MR) is 97.9 cm³/mol. The Kier molecular flexibility index (Phi) is 6.82. The van der Waals surface area contributed by atoms with Gasteiger partial charge in [0.05, 0.1) is 5.56 Å². The van der Waals surface area contributed by atoms with Crippen molar-refractivity contribution in [1.82, 2.24) is 15.3 Å². The topological polar surface area (TPSA) is 66.9 Å². The van der Waals surface area contributed by atoms with Crippen molar-refractivity contribution in [2.75, 3.05) is 11.9 Å². The number of nitrogens with zero attached hydrogens (tertiary/aromatic N) is 2. The molecule has 1 aromatic heterocycles. The highest BCUT2D eigenvalue weighted by atomic mass is 35.5. The van der Waals surface area contributed by atoms with Crippen molar-refractivity contribution in [3.8, 4) is 0 Å². The third kappa shape index (κ3) is 5.35. The van der Waals surface area contributed by atoms with Crippen LogP contribution < -0.4 is 10.6 Å². The summed E-state index contributed by atoms with van der Waals surface area (Å²) in [4.78, 5) is 20.4. The molecule has 0 fully saturated rings. The lowest BCUT2D eigenvalue weighted by molar-refractivity contribution is 0.0953. The molecule has 7 heteroatoms. The maximum atomic E-state index is 12.1. The zero-order valence-electron chi connectivity index (χ0n) is 13.6. The Bertz CT molecular complexity index is 691. The van der Waals surface area contributed by atoms with Crippen LogP contribution in [0.1, 0.15) is 36.2 Å². The number of hydrogen-bond acceptors (Lipinski definition) is 4. The van der Waals surface area contributed by atoms with Gasteiger partial charge in [0.2, 0.25) is 5.95 Å². The molecule has 2 rings (SSSR count). The van der Waals surface area contributed by atoms with Crippen LogP contribution in [-0.2, 0) is 6.42 Å². The van der Waals surface area contributed by atoms with Crippen molar-refractivity contribution in [3.63, 3.8) is 0 Å². The van der Waals surface area contributed by atoms with Crippen molar-refractivity contribution in [2.45, 2.75) is 32.7 Å². The van der Waals surface area contributed by atoms with Crippen LogP contribution in [0.5, 0.6) is 0 Å². The van der Waals surface area contributed by atoms with E-state index in [-0.39, 0.29) is 11.9 Å². The minimum Gasteiger partial charge on any atom is -0.352 e. The summed E-state index contributed by atoms with van der Waals surface area (Å²) in [6.07, 6.45) is 4.62. The van der Waals surface area contributed by atoms with Gasteiger partial charge in [-0.25, -0.2) is 9.97 Å².